The van der Waals surface area contributed by atoms with Gasteiger partial charge in [-0.1, -0.05) is 33.1 Å². The lowest BCUT2D eigenvalue weighted by Gasteiger charge is -2.37. The number of amides is 2. The van der Waals surface area contributed by atoms with Crippen molar-refractivity contribution in [3.05, 3.63) is 17.7 Å². The number of imidazole rings is 1. The van der Waals surface area contributed by atoms with Crippen LogP contribution in [0, 0.1) is 5.41 Å². The number of nitrogens with one attached hydrogen (secondary N) is 2. The fraction of sp³-hybridized carbons (Fsp3) is 0.700. The van der Waals surface area contributed by atoms with E-state index in [0.717, 1.165) is 37.1 Å². The molecular formula is C20H30N4O4. The Kier molecular flexibility index (Phi) is 6.05. The minimum atomic E-state index is -0.932. The Bertz CT molecular complexity index is 736. The number of carbonyl (C=O) groups excluding carboxylic acids is 2. The van der Waals surface area contributed by atoms with Gasteiger partial charge in [-0.3, -0.25) is 14.4 Å². The summed E-state index contributed by atoms with van der Waals surface area (Å²) < 4.78 is 0. The SMILES string of the molecule is CC(C)(CC(=O)O)CC(=O)N1Cc2[nH]cnc2CC1C(=O)NC1CCCCC1. The Hall–Kier alpha value is -2.38. The molecule has 1 unspecified atom stereocenters. The molecular weight excluding hydrogens is 360 g/mol. The van der Waals surface area contributed by atoms with E-state index in [4.69, 9.17) is 5.11 Å². The minimum absolute atomic E-state index is 0.0793. The van der Waals surface area contributed by atoms with E-state index in [0.29, 0.717) is 13.0 Å². The van der Waals surface area contributed by atoms with E-state index in [9.17, 15) is 14.4 Å². The van der Waals surface area contributed by atoms with E-state index >= 15 is 0 Å². The number of H-pyrrole nitrogens is 1. The number of hydrogen-bond donors (Lipinski definition) is 3. The summed E-state index contributed by atoms with van der Waals surface area (Å²) in [5.74, 6) is -1.26. The van der Waals surface area contributed by atoms with Crippen molar-refractivity contribution < 1.29 is 19.5 Å². The average Bonchev–Trinajstić information content (AvgIpc) is 3.07. The lowest BCUT2D eigenvalue weighted by molar-refractivity contribution is -0.145. The molecule has 1 atom stereocenters. The number of carbonyl (C=O) groups is 3. The first-order valence-electron chi connectivity index (χ1n) is 10.1. The predicted molar refractivity (Wildman–Crippen MR) is 102 cm³/mol. The fourth-order valence-corrected chi connectivity index (χ4v) is 4.26. The Morgan fingerprint density at radius 3 is 2.64 bits per heavy atom. The van der Waals surface area contributed by atoms with Gasteiger partial charge in [-0.25, -0.2) is 4.98 Å². The van der Waals surface area contributed by atoms with Crippen LogP contribution < -0.4 is 5.32 Å². The molecule has 1 aromatic rings. The second kappa shape index (κ2) is 8.32. The highest BCUT2D eigenvalue weighted by atomic mass is 16.4. The van der Waals surface area contributed by atoms with Crippen LogP contribution in [-0.2, 0) is 27.3 Å². The van der Waals surface area contributed by atoms with Crippen LogP contribution in [0.5, 0.6) is 0 Å². The first-order valence-corrected chi connectivity index (χ1v) is 10.1. The first kappa shape index (κ1) is 20.4. The molecule has 0 bridgehead atoms. The van der Waals surface area contributed by atoms with Crippen molar-refractivity contribution in [1.82, 2.24) is 20.2 Å². The summed E-state index contributed by atoms with van der Waals surface area (Å²) >= 11 is 0. The highest BCUT2D eigenvalue weighted by molar-refractivity contribution is 5.89. The summed E-state index contributed by atoms with van der Waals surface area (Å²) in [5.41, 5.74) is 0.977. The Balaban J connectivity index is 1.74. The number of fused-ring (bicyclic) bond motifs is 1. The maximum Gasteiger partial charge on any atom is 0.303 e. The average molecular weight is 390 g/mol. The number of carboxylic acid groups (broad SMARTS) is 1. The van der Waals surface area contributed by atoms with Crippen LogP contribution in [0.2, 0.25) is 0 Å². The van der Waals surface area contributed by atoms with E-state index < -0.39 is 17.4 Å². The second-order valence-corrected chi connectivity index (χ2v) is 8.82. The van der Waals surface area contributed by atoms with Crippen LogP contribution >= 0.6 is 0 Å². The largest absolute Gasteiger partial charge is 0.481 e. The van der Waals surface area contributed by atoms with Crippen LogP contribution in [0.1, 0.15) is 70.2 Å². The molecule has 8 nitrogen and oxygen atoms in total. The number of carboxylic acids is 1. The molecule has 0 saturated heterocycles. The van der Waals surface area contributed by atoms with Crippen molar-refractivity contribution in [3.8, 4) is 0 Å². The molecule has 8 heteroatoms. The maximum atomic E-state index is 13.1. The Morgan fingerprint density at radius 2 is 1.96 bits per heavy atom. The van der Waals surface area contributed by atoms with Crippen molar-refractivity contribution in [3.63, 3.8) is 0 Å². The van der Waals surface area contributed by atoms with Crippen molar-refractivity contribution in [2.24, 2.45) is 5.41 Å². The molecule has 3 N–H and O–H groups in total. The molecule has 1 aliphatic heterocycles. The monoisotopic (exact) mass is 390 g/mol. The van der Waals surface area contributed by atoms with E-state index in [2.05, 4.69) is 15.3 Å². The Labute approximate surface area is 165 Å². The molecule has 154 valence electrons. The fourth-order valence-electron chi connectivity index (χ4n) is 4.26. The van der Waals surface area contributed by atoms with Crippen LogP contribution in [0.25, 0.3) is 0 Å². The number of aromatic amines is 1. The second-order valence-electron chi connectivity index (χ2n) is 8.82. The molecule has 3 rings (SSSR count). The summed E-state index contributed by atoms with van der Waals surface area (Å²) in [6, 6.07) is -0.437. The summed E-state index contributed by atoms with van der Waals surface area (Å²) in [4.78, 5) is 46.1. The Morgan fingerprint density at radius 1 is 1.25 bits per heavy atom. The van der Waals surface area contributed by atoms with Gasteiger partial charge in [0.05, 0.1) is 30.7 Å². The molecule has 1 fully saturated rings. The molecule has 0 spiro atoms. The van der Waals surface area contributed by atoms with Gasteiger partial charge in [-0.05, 0) is 18.3 Å². The molecule has 2 heterocycles. The van der Waals surface area contributed by atoms with Gasteiger partial charge in [-0.2, -0.15) is 0 Å². The lowest BCUT2D eigenvalue weighted by atomic mass is 9.84. The third kappa shape index (κ3) is 4.91. The smallest absolute Gasteiger partial charge is 0.303 e. The van der Waals surface area contributed by atoms with Crippen molar-refractivity contribution >= 4 is 17.8 Å². The zero-order valence-corrected chi connectivity index (χ0v) is 16.7. The molecule has 28 heavy (non-hydrogen) atoms. The number of rotatable bonds is 6. The molecule has 1 saturated carbocycles. The zero-order valence-electron chi connectivity index (χ0n) is 16.7. The standard InChI is InChI=1S/C20H30N4O4/c1-20(2,10-18(26)27)9-17(25)24-11-15-14(21-12-22-15)8-16(24)19(28)23-13-6-4-3-5-7-13/h12-13,16H,3-11H2,1-2H3,(H,21,22)(H,23,28)(H,26,27). The van der Waals surface area contributed by atoms with Gasteiger partial charge in [-0.15, -0.1) is 0 Å². The van der Waals surface area contributed by atoms with E-state index in [1.807, 2.05) is 0 Å². The van der Waals surface area contributed by atoms with Gasteiger partial charge in [0.1, 0.15) is 6.04 Å². The van der Waals surface area contributed by atoms with Crippen LogP contribution in [0.15, 0.2) is 6.33 Å². The summed E-state index contributed by atoms with van der Waals surface area (Å²) in [6.07, 6.45) is 7.34. The molecule has 2 aliphatic rings. The quantitative estimate of drug-likeness (QED) is 0.687. The van der Waals surface area contributed by atoms with Crippen LogP contribution in [-0.4, -0.2) is 49.8 Å². The summed E-state index contributed by atoms with van der Waals surface area (Å²) in [6.45, 7) is 3.82. The lowest BCUT2D eigenvalue weighted by Crippen LogP contribution is -2.55. The zero-order chi connectivity index (χ0) is 20.3. The molecule has 2 amide bonds. The van der Waals surface area contributed by atoms with Gasteiger partial charge in [0, 0.05) is 18.9 Å². The number of aromatic nitrogens is 2. The predicted octanol–water partition coefficient (Wildman–Crippen LogP) is 2.00. The van der Waals surface area contributed by atoms with Gasteiger partial charge in [0.25, 0.3) is 0 Å². The van der Waals surface area contributed by atoms with Crippen LogP contribution in [0.3, 0.4) is 0 Å². The summed E-state index contributed by atoms with van der Waals surface area (Å²) in [5, 5.41) is 12.2. The van der Waals surface area contributed by atoms with Crippen molar-refractivity contribution in [2.75, 3.05) is 0 Å². The third-order valence-electron chi connectivity index (χ3n) is 5.73. The number of hydrogen-bond acceptors (Lipinski definition) is 4. The minimum Gasteiger partial charge on any atom is -0.481 e. The van der Waals surface area contributed by atoms with Gasteiger partial charge < -0.3 is 20.3 Å². The first-order chi connectivity index (χ1) is 13.2. The highest BCUT2D eigenvalue weighted by Gasteiger charge is 2.38. The van der Waals surface area contributed by atoms with Gasteiger partial charge in [0.15, 0.2) is 0 Å². The number of aliphatic carboxylic acids is 1. The normalized spacial score (nSPS) is 20.5. The molecule has 1 aliphatic carbocycles. The molecule has 1 aromatic heterocycles. The summed E-state index contributed by atoms with van der Waals surface area (Å²) in [7, 11) is 0. The maximum absolute atomic E-state index is 13.1. The van der Waals surface area contributed by atoms with E-state index in [1.54, 1.807) is 25.1 Å². The van der Waals surface area contributed by atoms with Crippen molar-refractivity contribution in [2.45, 2.75) is 83.8 Å². The highest BCUT2D eigenvalue weighted by Crippen LogP contribution is 2.29. The van der Waals surface area contributed by atoms with E-state index in [-0.39, 0.29) is 30.7 Å². The van der Waals surface area contributed by atoms with Gasteiger partial charge >= 0.3 is 5.97 Å². The van der Waals surface area contributed by atoms with Gasteiger partial charge in [0.2, 0.25) is 11.8 Å². The third-order valence-corrected chi connectivity index (χ3v) is 5.73. The van der Waals surface area contributed by atoms with Crippen LogP contribution in [0.4, 0.5) is 0 Å². The number of nitrogens with zero attached hydrogens (tertiary/aromatic N) is 2. The molecule has 0 aromatic carbocycles. The molecule has 0 radical (unpaired) electrons. The van der Waals surface area contributed by atoms with E-state index in [1.165, 1.54) is 6.42 Å². The topological polar surface area (TPSA) is 115 Å². The van der Waals surface area contributed by atoms with Crippen molar-refractivity contribution in [1.29, 1.82) is 0 Å².